The van der Waals surface area contributed by atoms with Gasteiger partial charge in [0.25, 0.3) is 5.22 Å². The summed E-state index contributed by atoms with van der Waals surface area (Å²) in [5, 5.41) is 11.3. The lowest BCUT2D eigenvalue weighted by Crippen LogP contribution is -1.97. The first-order valence-electron chi connectivity index (χ1n) is 5.14. The number of nitro benzene ring substituents is 1. The molecule has 0 radical (unpaired) electrons. The highest BCUT2D eigenvalue weighted by atomic mass is 32.2. The number of anilines is 1. The van der Waals surface area contributed by atoms with E-state index in [4.69, 9.17) is 10.2 Å². The molecule has 0 aliphatic rings. The molecule has 0 aliphatic heterocycles. The van der Waals surface area contributed by atoms with Crippen LogP contribution in [0.1, 0.15) is 11.5 Å². The Kier molecular flexibility index (Phi) is 3.24. The third-order valence-electron chi connectivity index (χ3n) is 2.42. The van der Waals surface area contributed by atoms with E-state index in [2.05, 4.69) is 4.98 Å². The van der Waals surface area contributed by atoms with Gasteiger partial charge in [-0.05, 0) is 37.7 Å². The monoisotopic (exact) mass is 265 g/mol. The molecule has 0 fully saturated rings. The summed E-state index contributed by atoms with van der Waals surface area (Å²) >= 11 is 1.09. The predicted octanol–water partition coefficient (Wildman–Crippen LogP) is 2.93. The molecule has 0 aliphatic carbocycles. The Morgan fingerprint density at radius 1 is 1.44 bits per heavy atom. The summed E-state index contributed by atoms with van der Waals surface area (Å²) in [5.41, 5.74) is 6.39. The second-order valence-corrected chi connectivity index (χ2v) is 4.67. The molecule has 1 heterocycles. The molecule has 7 heteroatoms. The van der Waals surface area contributed by atoms with Gasteiger partial charge in [-0.25, -0.2) is 4.98 Å². The highest BCUT2D eigenvalue weighted by Crippen LogP contribution is 2.37. The molecule has 1 aromatic carbocycles. The number of rotatable bonds is 3. The first-order chi connectivity index (χ1) is 8.49. The Morgan fingerprint density at radius 2 is 2.17 bits per heavy atom. The second-order valence-electron chi connectivity index (χ2n) is 3.67. The Bertz CT molecular complexity index is 590. The minimum Gasteiger partial charge on any atom is -0.436 e. The largest absolute Gasteiger partial charge is 0.436 e. The van der Waals surface area contributed by atoms with Crippen molar-refractivity contribution in [1.82, 2.24) is 4.98 Å². The van der Waals surface area contributed by atoms with Gasteiger partial charge in [-0.3, -0.25) is 10.1 Å². The lowest BCUT2D eigenvalue weighted by atomic mass is 10.3. The molecule has 0 bridgehead atoms. The van der Waals surface area contributed by atoms with Gasteiger partial charge in [0, 0.05) is 0 Å². The van der Waals surface area contributed by atoms with Crippen LogP contribution in [0.5, 0.6) is 0 Å². The van der Waals surface area contributed by atoms with Gasteiger partial charge in [0.15, 0.2) is 0 Å². The van der Waals surface area contributed by atoms with Crippen molar-refractivity contribution >= 4 is 23.1 Å². The topological polar surface area (TPSA) is 95.2 Å². The molecule has 2 aromatic rings. The molecule has 94 valence electrons. The number of nitro groups is 1. The summed E-state index contributed by atoms with van der Waals surface area (Å²) in [7, 11) is 0. The summed E-state index contributed by atoms with van der Waals surface area (Å²) in [5.74, 6) is 0.698. The molecule has 0 unspecified atom stereocenters. The van der Waals surface area contributed by atoms with Crippen LogP contribution >= 0.6 is 11.8 Å². The number of benzene rings is 1. The first kappa shape index (κ1) is 12.4. The van der Waals surface area contributed by atoms with Crippen molar-refractivity contribution in [3.05, 3.63) is 39.8 Å². The van der Waals surface area contributed by atoms with Gasteiger partial charge in [-0.15, -0.1) is 0 Å². The van der Waals surface area contributed by atoms with Crippen LogP contribution in [-0.2, 0) is 0 Å². The molecule has 1 aromatic heterocycles. The van der Waals surface area contributed by atoms with Gasteiger partial charge in [0.05, 0.1) is 15.5 Å². The van der Waals surface area contributed by atoms with Crippen LogP contribution < -0.4 is 5.73 Å². The van der Waals surface area contributed by atoms with Gasteiger partial charge in [0.1, 0.15) is 11.4 Å². The van der Waals surface area contributed by atoms with E-state index in [9.17, 15) is 10.1 Å². The smallest absolute Gasteiger partial charge is 0.306 e. The fourth-order valence-corrected chi connectivity index (χ4v) is 2.37. The summed E-state index contributed by atoms with van der Waals surface area (Å²) in [6, 6.07) is 4.77. The van der Waals surface area contributed by atoms with Gasteiger partial charge < -0.3 is 10.2 Å². The summed E-state index contributed by atoms with van der Waals surface area (Å²) < 4.78 is 5.38. The molecule has 0 atom stereocenters. The zero-order chi connectivity index (χ0) is 13.3. The van der Waals surface area contributed by atoms with Gasteiger partial charge in [0.2, 0.25) is 0 Å². The third kappa shape index (κ3) is 2.30. The number of para-hydroxylation sites is 1. The number of hydrogen-bond donors (Lipinski definition) is 1. The SMILES string of the molecule is Cc1nc(Sc2cccc(N)c2[N+](=O)[O-])oc1C. The maximum Gasteiger partial charge on any atom is 0.306 e. The fraction of sp³-hybridized carbons (Fsp3) is 0.182. The van der Waals surface area contributed by atoms with Gasteiger partial charge in [-0.1, -0.05) is 6.07 Å². The van der Waals surface area contributed by atoms with E-state index in [1.165, 1.54) is 6.07 Å². The quantitative estimate of drug-likeness (QED) is 0.520. The van der Waals surface area contributed by atoms with Crippen LogP contribution in [0, 0.1) is 24.0 Å². The zero-order valence-electron chi connectivity index (χ0n) is 9.84. The van der Waals surface area contributed by atoms with Crippen molar-refractivity contribution < 1.29 is 9.34 Å². The zero-order valence-corrected chi connectivity index (χ0v) is 10.7. The van der Waals surface area contributed by atoms with Crippen molar-refractivity contribution in [2.75, 3.05) is 5.73 Å². The number of oxazole rings is 1. The molecule has 6 nitrogen and oxygen atoms in total. The van der Waals surface area contributed by atoms with Crippen molar-refractivity contribution in [2.45, 2.75) is 24.0 Å². The van der Waals surface area contributed by atoms with E-state index < -0.39 is 4.92 Å². The first-order valence-corrected chi connectivity index (χ1v) is 5.95. The number of hydrogen-bond acceptors (Lipinski definition) is 6. The Labute approximate surface area is 107 Å². The van der Waals surface area contributed by atoms with Crippen molar-refractivity contribution in [3.8, 4) is 0 Å². The van der Waals surface area contributed by atoms with E-state index in [-0.39, 0.29) is 11.4 Å². The average molecular weight is 265 g/mol. The van der Waals surface area contributed by atoms with Crippen LogP contribution in [0.4, 0.5) is 11.4 Å². The van der Waals surface area contributed by atoms with E-state index in [0.29, 0.717) is 15.9 Å². The Balaban J connectivity index is 2.40. The molecule has 18 heavy (non-hydrogen) atoms. The Morgan fingerprint density at radius 3 is 2.72 bits per heavy atom. The van der Waals surface area contributed by atoms with E-state index in [1.807, 2.05) is 6.92 Å². The molecular weight excluding hydrogens is 254 g/mol. The van der Waals surface area contributed by atoms with Gasteiger partial charge in [-0.2, -0.15) is 0 Å². The molecular formula is C11H11N3O3S. The van der Waals surface area contributed by atoms with Crippen LogP contribution in [0.15, 0.2) is 32.7 Å². The number of aryl methyl sites for hydroxylation is 2. The summed E-state index contributed by atoms with van der Waals surface area (Å²) in [6.45, 7) is 3.61. The minimum absolute atomic E-state index is 0.115. The van der Waals surface area contributed by atoms with E-state index in [0.717, 1.165) is 17.5 Å². The van der Waals surface area contributed by atoms with E-state index in [1.54, 1.807) is 19.1 Å². The predicted molar refractivity (Wildman–Crippen MR) is 67.6 cm³/mol. The Hall–Kier alpha value is -2.02. The van der Waals surface area contributed by atoms with Crippen LogP contribution in [0.3, 0.4) is 0 Å². The fourth-order valence-electron chi connectivity index (χ4n) is 1.40. The number of aromatic nitrogens is 1. The molecule has 2 N–H and O–H groups in total. The average Bonchev–Trinajstić information content (AvgIpc) is 2.57. The maximum absolute atomic E-state index is 11.0. The van der Waals surface area contributed by atoms with Crippen molar-refractivity contribution in [2.24, 2.45) is 0 Å². The third-order valence-corrected chi connectivity index (χ3v) is 3.32. The lowest BCUT2D eigenvalue weighted by Gasteiger charge is -2.01. The van der Waals surface area contributed by atoms with Crippen LogP contribution in [0.2, 0.25) is 0 Å². The minimum atomic E-state index is -0.500. The number of nitrogens with two attached hydrogens (primary N) is 1. The number of nitrogen functional groups attached to an aromatic ring is 1. The van der Waals surface area contributed by atoms with Crippen molar-refractivity contribution in [1.29, 1.82) is 0 Å². The molecule has 2 rings (SSSR count). The molecule has 0 saturated heterocycles. The second kappa shape index (κ2) is 4.69. The lowest BCUT2D eigenvalue weighted by molar-refractivity contribution is -0.386. The van der Waals surface area contributed by atoms with Crippen LogP contribution in [-0.4, -0.2) is 9.91 Å². The normalized spacial score (nSPS) is 10.6. The maximum atomic E-state index is 11.0. The molecule has 0 spiro atoms. The van der Waals surface area contributed by atoms with Crippen LogP contribution in [0.25, 0.3) is 0 Å². The standard InChI is InChI=1S/C11H11N3O3S/c1-6-7(2)17-11(13-6)18-9-5-3-4-8(12)10(9)14(15)16/h3-5H,12H2,1-2H3. The highest BCUT2D eigenvalue weighted by molar-refractivity contribution is 7.99. The number of nitrogens with zero attached hydrogens (tertiary/aromatic N) is 2. The van der Waals surface area contributed by atoms with Crippen molar-refractivity contribution in [3.63, 3.8) is 0 Å². The highest BCUT2D eigenvalue weighted by Gasteiger charge is 2.20. The summed E-state index contributed by atoms with van der Waals surface area (Å²) in [4.78, 5) is 15.1. The summed E-state index contributed by atoms with van der Waals surface area (Å²) in [6.07, 6.45) is 0. The molecule has 0 saturated carbocycles. The van der Waals surface area contributed by atoms with Gasteiger partial charge >= 0.3 is 5.69 Å². The van der Waals surface area contributed by atoms with E-state index >= 15 is 0 Å². The molecule has 0 amide bonds.